The Morgan fingerprint density at radius 2 is 1.60 bits per heavy atom. The van der Waals surface area contributed by atoms with E-state index in [1.165, 1.54) is 0 Å². The molecule has 0 spiro atoms. The van der Waals surface area contributed by atoms with Crippen LogP contribution in [0.1, 0.15) is 33.5 Å². The van der Waals surface area contributed by atoms with E-state index in [0.717, 1.165) is 5.76 Å². The third-order valence-electron chi connectivity index (χ3n) is 0.663. The first-order valence-electron chi connectivity index (χ1n) is 3.90. The van der Waals surface area contributed by atoms with Gasteiger partial charge in [-0.15, -0.1) is 0 Å². The molecule has 0 unspecified atom stereocenters. The Hall–Kier alpha value is -0.720. The fourth-order valence-electron chi connectivity index (χ4n) is 0.361. The molecular weight excluding hydrogens is 124 g/mol. The summed E-state index contributed by atoms with van der Waals surface area (Å²) in [5, 5.41) is 0. The van der Waals surface area contributed by atoms with Crippen LogP contribution in [-0.2, 0) is 0 Å². The highest BCUT2D eigenvalue weighted by Gasteiger charge is 1.75. The highest BCUT2D eigenvalue weighted by molar-refractivity contribution is 4.93. The van der Waals surface area contributed by atoms with Crippen molar-refractivity contribution in [3.8, 4) is 0 Å². The maximum Gasteiger partial charge on any atom is 0.100 e. The molecule has 0 aliphatic heterocycles. The van der Waals surface area contributed by atoms with Crippen molar-refractivity contribution in [2.24, 2.45) is 0 Å². The summed E-state index contributed by atoms with van der Waals surface area (Å²) in [7, 11) is 0. The van der Waals surface area contributed by atoms with E-state index in [4.69, 9.17) is 4.42 Å². The van der Waals surface area contributed by atoms with E-state index in [2.05, 4.69) is 0 Å². The standard InChI is InChI=1S/C5H6O.2C2H6/c1-5-3-2-4-6-5;2*1-2/h2-4H,1H3;2*1-2H3. The van der Waals surface area contributed by atoms with Gasteiger partial charge in [-0.1, -0.05) is 27.7 Å². The van der Waals surface area contributed by atoms with E-state index in [1.807, 2.05) is 46.8 Å². The molecule has 1 aromatic rings. The summed E-state index contributed by atoms with van der Waals surface area (Å²) in [5.74, 6) is 0.968. The summed E-state index contributed by atoms with van der Waals surface area (Å²) in [6.07, 6.45) is 1.66. The fraction of sp³-hybridized carbons (Fsp3) is 0.556. The molecule has 0 amide bonds. The van der Waals surface area contributed by atoms with Crippen molar-refractivity contribution in [1.82, 2.24) is 0 Å². The lowest BCUT2D eigenvalue weighted by Crippen LogP contribution is -1.48. The number of furan rings is 1. The van der Waals surface area contributed by atoms with Crippen LogP contribution in [0, 0.1) is 6.92 Å². The van der Waals surface area contributed by atoms with Gasteiger partial charge in [-0.05, 0) is 19.1 Å². The largest absolute Gasteiger partial charge is 0.470 e. The molecule has 0 fully saturated rings. The molecule has 1 rings (SSSR count). The van der Waals surface area contributed by atoms with Gasteiger partial charge in [0.15, 0.2) is 0 Å². The van der Waals surface area contributed by atoms with E-state index in [-0.39, 0.29) is 0 Å². The van der Waals surface area contributed by atoms with Gasteiger partial charge in [0.05, 0.1) is 6.26 Å². The minimum absolute atomic E-state index is 0.968. The van der Waals surface area contributed by atoms with Gasteiger partial charge in [-0.2, -0.15) is 0 Å². The second-order valence-electron chi connectivity index (χ2n) is 1.22. The molecule has 0 atom stereocenters. The molecule has 1 heterocycles. The molecule has 0 saturated heterocycles. The van der Waals surface area contributed by atoms with E-state index < -0.39 is 0 Å². The van der Waals surface area contributed by atoms with Gasteiger partial charge in [0.2, 0.25) is 0 Å². The molecule has 0 N–H and O–H groups in total. The number of aryl methyl sites for hydroxylation is 1. The van der Waals surface area contributed by atoms with Crippen LogP contribution >= 0.6 is 0 Å². The molecule has 1 aromatic heterocycles. The van der Waals surface area contributed by atoms with Crippen molar-refractivity contribution in [3.63, 3.8) is 0 Å². The van der Waals surface area contributed by atoms with Gasteiger partial charge >= 0.3 is 0 Å². The summed E-state index contributed by atoms with van der Waals surface area (Å²) >= 11 is 0. The molecular formula is C9H18O. The third kappa shape index (κ3) is 7.28. The Balaban J connectivity index is 0. The zero-order chi connectivity index (χ0) is 8.41. The van der Waals surface area contributed by atoms with Crippen LogP contribution in [0.4, 0.5) is 0 Å². The normalized spacial score (nSPS) is 6.50. The Labute approximate surface area is 64.1 Å². The molecule has 1 nitrogen and oxygen atoms in total. The Bertz CT molecular complexity index is 108. The van der Waals surface area contributed by atoms with Crippen molar-refractivity contribution >= 4 is 0 Å². The van der Waals surface area contributed by atoms with Gasteiger partial charge in [0, 0.05) is 0 Å². The van der Waals surface area contributed by atoms with E-state index >= 15 is 0 Å². The van der Waals surface area contributed by atoms with Crippen LogP contribution in [-0.4, -0.2) is 0 Å². The summed E-state index contributed by atoms with van der Waals surface area (Å²) in [6.45, 7) is 9.92. The Morgan fingerprint density at radius 3 is 1.70 bits per heavy atom. The lowest BCUT2D eigenvalue weighted by Gasteiger charge is -1.69. The molecule has 0 radical (unpaired) electrons. The summed E-state index contributed by atoms with van der Waals surface area (Å²) < 4.78 is 4.83. The smallest absolute Gasteiger partial charge is 0.100 e. The lowest BCUT2D eigenvalue weighted by atomic mass is 10.5. The molecule has 10 heavy (non-hydrogen) atoms. The highest BCUT2D eigenvalue weighted by Crippen LogP contribution is 1.93. The summed E-state index contributed by atoms with van der Waals surface area (Å²) in [4.78, 5) is 0. The predicted octanol–water partition coefficient (Wildman–Crippen LogP) is 3.64. The zero-order valence-electron chi connectivity index (χ0n) is 7.64. The fourth-order valence-corrected chi connectivity index (χ4v) is 0.361. The van der Waals surface area contributed by atoms with Gasteiger partial charge in [-0.3, -0.25) is 0 Å². The van der Waals surface area contributed by atoms with Crippen LogP contribution in [0.25, 0.3) is 0 Å². The molecule has 0 saturated carbocycles. The maximum absolute atomic E-state index is 4.83. The maximum atomic E-state index is 4.83. The minimum atomic E-state index is 0.968. The van der Waals surface area contributed by atoms with Gasteiger partial charge < -0.3 is 4.42 Å². The van der Waals surface area contributed by atoms with Gasteiger partial charge in [0.25, 0.3) is 0 Å². The molecule has 0 aromatic carbocycles. The predicted molar refractivity (Wildman–Crippen MR) is 46.1 cm³/mol. The molecule has 60 valence electrons. The summed E-state index contributed by atoms with van der Waals surface area (Å²) in [6, 6.07) is 3.79. The van der Waals surface area contributed by atoms with E-state index in [1.54, 1.807) is 6.26 Å². The van der Waals surface area contributed by atoms with Crippen LogP contribution in [0.15, 0.2) is 22.8 Å². The molecule has 0 aliphatic carbocycles. The van der Waals surface area contributed by atoms with Gasteiger partial charge in [-0.25, -0.2) is 0 Å². The average molecular weight is 142 g/mol. The van der Waals surface area contributed by atoms with Gasteiger partial charge in [0.1, 0.15) is 5.76 Å². The number of rotatable bonds is 0. The van der Waals surface area contributed by atoms with Crippen LogP contribution in [0.5, 0.6) is 0 Å². The van der Waals surface area contributed by atoms with Crippen molar-refractivity contribution in [3.05, 3.63) is 24.2 Å². The average Bonchev–Trinajstić information content (AvgIpc) is 2.48. The highest BCUT2D eigenvalue weighted by atomic mass is 16.3. The topological polar surface area (TPSA) is 13.1 Å². The Morgan fingerprint density at radius 1 is 1.10 bits per heavy atom. The van der Waals surface area contributed by atoms with Crippen molar-refractivity contribution < 1.29 is 4.42 Å². The second-order valence-corrected chi connectivity index (χ2v) is 1.22. The number of hydrogen-bond donors (Lipinski definition) is 0. The molecule has 0 bridgehead atoms. The monoisotopic (exact) mass is 142 g/mol. The SMILES string of the molecule is CC.CC.Cc1ccco1. The first kappa shape index (κ1) is 12.0. The number of hydrogen-bond acceptors (Lipinski definition) is 1. The third-order valence-corrected chi connectivity index (χ3v) is 0.663. The lowest BCUT2D eigenvalue weighted by molar-refractivity contribution is 0.534. The Kier molecular flexibility index (Phi) is 13.4. The minimum Gasteiger partial charge on any atom is -0.470 e. The first-order valence-corrected chi connectivity index (χ1v) is 3.90. The zero-order valence-corrected chi connectivity index (χ0v) is 7.64. The molecule has 0 aliphatic rings. The van der Waals surface area contributed by atoms with Crippen molar-refractivity contribution in [2.75, 3.05) is 0 Å². The quantitative estimate of drug-likeness (QED) is 0.539. The molecule has 1 heteroatoms. The summed E-state index contributed by atoms with van der Waals surface area (Å²) in [5.41, 5.74) is 0. The van der Waals surface area contributed by atoms with Crippen LogP contribution < -0.4 is 0 Å². The van der Waals surface area contributed by atoms with Crippen LogP contribution in [0.2, 0.25) is 0 Å². The van der Waals surface area contributed by atoms with Crippen molar-refractivity contribution in [2.45, 2.75) is 34.6 Å². The second kappa shape index (κ2) is 11.1. The van der Waals surface area contributed by atoms with E-state index in [0.29, 0.717) is 0 Å². The van der Waals surface area contributed by atoms with Crippen LogP contribution in [0.3, 0.4) is 0 Å². The first-order chi connectivity index (χ1) is 4.89. The van der Waals surface area contributed by atoms with E-state index in [9.17, 15) is 0 Å². The van der Waals surface area contributed by atoms with Crippen molar-refractivity contribution in [1.29, 1.82) is 0 Å².